The Balaban J connectivity index is 2.21. The summed E-state index contributed by atoms with van der Waals surface area (Å²) >= 11 is 0. The van der Waals surface area contributed by atoms with Gasteiger partial charge in [0.05, 0.1) is 18.8 Å². The lowest BCUT2D eigenvalue weighted by Crippen LogP contribution is -2.39. The van der Waals surface area contributed by atoms with Crippen molar-refractivity contribution in [1.82, 2.24) is 10.2 Å². The molecule has 3 unspecified atom stereocenters. The summed E-state index contributed by atoms with van der Waals surface area (Å²) < 4.78 is 11.2. The Bertz CT molecular complexity index is 224. The van der Waals surface area contributed by atoms with Crippen LogP contribution in [0.15, 0.2) is 0 Å². The predicted molar refractivity (Wildman–Crippen MR) is 75.0 cm³/mol. The summed E-state index contributed by atoms with van der Waals surface area (Å²) in [5, 5.41) is 3.45. The van der Waals surface area contributed by atoms with Crippen LogP contribution in [0.5, 0.6) is 0 Å². The van der Waals surface area contributed by atoms with Gasteiger partial charge in [-0.25, -0.2) is 0 Å². The molecule has 1 saturated heterocycles. The van der Waals surface area contributed by atoms with E-state index in [2.05, 4.69) is 38.0 Å². The van der Waals surface area contributed by atoms with Gasteiger partial charge in [-0.15, -0.1) is 0 Å². The van der Waals surface area contributed by atoms with Crippen molar-refractivity contribution < 1.29 is 9.47 Å². The van der Waals surface area contributed by atoms with Crippen LogP contribution in [0, 0.1) is 0 Å². The third-order valence-corrected chi connectivity index (χ3v) is 3.60. The number of hydrogen-bond donors (Lipinski definition) is 1. The molecular weight excluding hydrogens is 228 g/mol. The Hall–Kier alpha value is -0.160. The minimum atomic E-state index is 0.383. The van der Waals surface area contributed by atoms with E-state index >= 15 is 0 Å². The largest absolute Gasteiger partial charge is 0.383 e. The second kappa shape index (κ2) is 8.10. The molecule has 0 amide bonds. The van der Waals surface area contributed by atoms with Crippen LogP contribution >= 0.6 is 0 Å². The molecule has 1 heterocycles. The monoisotopic (exact) mass is 258 g/mol. The molecule has 4 nitrogen and oxygen atoms in total. The normalized spacial score (nSPS) is 26.2. The average molecular weight is 258 g/mol. The molecule has 0 saturated carbocycles. The zero-order valence-electron chi connectivity index (χ0n) is 12.6. The number of hydrogen-bond acceptors (Lipinski definition) is 4. The highest BCUT2D eigenvalue weighted by Gasteiger charge is 2.26. The maximum atomic E-state index is 6.07. The van der Waals surface area contributed by atoms with Crippen molar-refractivity contribution in [2.24, 2.45) is 0 Å². The van der Waals surface area contributed by atoms with Crippen LogP contribution in [0.25, 0.3) is 0 Å². The molecule has 4 heteroatoms. The number of likely N-dealkylation sites (N-methyl/N-ethyl adjacent to an activating group) is 1. The second-order valence-corrected chi connectivity index (χ2v) is 5.76. The molecule has 3 atom stereocenters. The molecule has 0 aromatic carbocycles. The van der Waals surface area contributed by atoms with Gasteiger partial charge in [-0.2, -0.15) is 0 Å². The topological polar surface area (TPSA) is 33.7 Å². The Labute approximate surface area is 112 Å². The highest BCUT2D eigenvalue weighted by atomic mass is 16.5. The van der Waals surface area contributed by atoms with Crippen molar-refractivity contribution >= 4 is 0 Å². The number of nitrogens with zero attached hydrogens (tertiary/aromatic N) is 1. The van der Waals surface area contributed by atoms with Gasteiger partial charge in [0.2, 0.25) is 0 Å². The van der Waals surface area contributed by atoms with Gasteiger partial charge in [0.25, 0.3) is 0 Å². The molecule has 18 heavy (non-hydrogen) atoms. The van der Waals surface area contributed by atoms with E-state index in [4.69, 9.17) is 9.47 Å². The van der Waals surface area contributed by atoms with E-state index in [1.54, 1.807) is 7.11 Å². The van der Waals surface area contributed by atoms with Crippen molar-refractivity contribution in [3.05, 3.63) is 0 Å². The predicted octanol–water partition coefficient (Wildman–Crippen LogP) is 1.50. The standard InChI is InChI=1S/C14H30N2O2/c1-11(2)15-8-13-6-7-14(18-13)9-16(4)12(3)10-17-5/h11-15H,6-10H2,1-5H3. The third kappa shape index (κ3) is 5.65. The molecule has 108 valence electrons. The molecule has 1 rings (SSSR count). The summed E-state index contributed by atoms with van der Waals surface area (Å²) in [5.74, 6) is 0. The van der Waals surface area contributed by atoms with E-state index < -0.39 is 0 Å². The zero-order valence-corrected chi connectivity index (χ0v) is 12.6. The van der Waals surface area contributed by atoms with Crippen LogP contribution in [-0.2, 0) is 9.47 Å². The lowest BCUT2D eigenvalue weighted by molar-refractivity contribution is 0.0131. The van der Waals surface area contributed by atoms with E-state index in [0.29, 0.717) is 24.3 Å². The molecule has 0 aromatic rings. The first-order valence-corrected chi connectivity index (χ1v) is 7.11. The van der Waals surface area contributed by atoms with E-state index in [1.165, 1.54) is 12.8 Å². The molecule has 1 aliphatic rings. The summed E-state index contributed by atoms with van der Waals surface area (Å²) in [4.78, 5) is 2.33. The molecule has 1 aliphatic heterocycles. The maximum absolute atomic E-state index is 6.07. The van der Waals surface area contributed by atoms with Gasteiger partial charge in [-0.05, 0) is 26.8 Å². The molecule has 0 aliphatic carbocycles. The molecule has 0 bridgehead atoms. The van der Waals surface area contributed by atoms with Gasteiger partial charge >= 0.3 is 0 Å². The molecule has 1 fully saturated rings. The minimum Gasteiger partial charge on any atom is -0.383 e. The van der Waals surface area contributed by atoms with Gasteiger partial charge in [0.1, 0.15) is 0 Å². The first-order valence-electron chi connectivity index (χ1n) is 7.11. The lowest BCUT2D eigenvalue weighted by Gasteiger charge is -2.27. The molecule has 0 radical (unpaired) electrons. The molecule has 0 aromatic heterocycles. The Morgan fingerprint density at radius 3 is 2.56 bits per heavy atom. The third-order valence-electron chi connectivity index (χ3n) is 3.60. The van der Waals surface area contributed by atoms with Gasteiger partial charge in [0, 0.05) is 32.3 Å². The zero-order chi connectivity index (χ0) is 13.5. The minimum absolute atomic E-state index is 0.383. The summed E-state index contributed by atoms with van der Waals surface area (Å²) in [7, 11) is 3.90. The quantitative estimate of drug-likeness (QED) is 0.715. The van der Waals surface area contributed by atoms with E-state index in [0.717, 1.165) is 19.7 Å². The number of nitrogens with one attached hydrogen (secondary N) is 1. The van der Waals surface area contributed by atoms with Crippen molar-refractivity contribution in [1.29, 1.82) is 0 Å². The van der Waals surface area contributed by atoms with Crippen molar-refractivity contribution in [2.75, 3.05) is 33.9 Å². The summed E-state index contributed by atoms with van der Waals surface area (Å²) in [6.07, 6.45) is 3.13. The van der Waals surface area contributed by atoms with Crippen molar-refractivity contribution in [2.45, 2.75) is 57.9 Å². The fourth-order valence-corrected chi connectivity index (χ4v) is 2.30. The van der Waals surface area contributed by atoms with Gasteiger partial charge in [-0.3, -0.25) is 4.90 Å². The van der Waals surface area contributed by atoms with E-state index in [-0.39, 0.29) is 0 Å². The van der Waals surface area contributed by atoms with Crippen LogP contribution in [0.3, 0.4) is 0 Å². The number of methoxy groups -OCH3 is 1. The summed E-state index contributed by atoms with van der Waals surface area (Å²) in [6, 6.07) is 0.989. The maximum Gasteiger partial charge on any atom is 0.0707 e. The Morgan fingerprint density at radius 1 is 1.28 bits per heavy atom. The fourth-order valence-electron chi connectivity index (χ4n) is 2.30. The van der Waals surface area contributed by atoms with Crippen molar-refractivity contribution in [3.8, 4) is 0 Å². The SMILES string of the molecule is COCC(C)N(C)CC1CCC(CNC(C)C)O1. The van der Waals surface area contributed by atoms with Crippen LogP contribution < -0.4 is 5.32 Å². The van der Waals surface area contributed by atoms with Gasteiger partial charge in [0.15, 0.2) is 0 Å². The van der Waals surface area contributed by atoms with E-state index in [1.807, 2.05) is 0 Å². The summed E-state index contributed by atoms with van der Waals surface area (Å²) in [5.41, 5.74) is 0. The Kier molecular flexibility index (Phi) is 7.15. The van der Waals surface area contributed by atoms with Gasteiger partial charge in [-0.1, -0.05) is 13.8 Å². The molecular formula is C14H30N2O2. The smallest absolute Gasteiger partial charge is 0.0707 e. The highest BCUT2D eigenvalue weighted by Crippen LogP contribution is 2.20. The van der Waals surface area contributed by atoms with E-state index in [9.17, 15) is 0 Å². The first-order chi connectivity index (χ1) is 8.52. The highest BCUT2D eigenvalue weighted by molar-refractivity contribution is 4.79. The summed E-state index contributed by atoms with van der Waals surface area (Å²) in [6.45, 7) is 9.30. The van der Waals surface area contributed by atoms with Crippen LogP contribution in [0.4, 0.5) is 0 Å². The number of rotatable bonds is 8. The first kappa shape index (κ1) is 15.9. The lowest BCUT2D eigenvalue weighted by atomic mass is 10.1. The second-order valence-electron chi connectivity index (χ2n) is 5.76. The molecule has 0 spiro atoms. The van der Waals surface area contributed by atoms with Gasteiger partial charge < -0.3 is 14.8 Å². The van der Waals surface area contributed by atoms with Crippen LogP contribution in [0.1, 0.15) is 33.6 Å². The van der Waals surface area contributed by atoms with Crippen LogP contribution in [-0.4, -0.2) is 63.0 Å². The van der Waals surface area contributed by atoms with Crippen LogP contribution in [0.2, 0.25) is 0 Å². The number of ether oxygens (including phenoxy) is 2. The Morgan fingerprint density at radius 2 is 1.94 bits per heavy atom. The molecule has 1 N–H and O–H groups in total. The van der Waals surface area contributed by atoms with Crippen molar-refractivity contribution in [3.63, 3.8) is 0 Å². The fraction of sp³-hybridized carbons (Fsp3) is 1.00. The average Bonchev–Trinajstić information content (AvgIpc) is 2.74.